The van der Waals surface area contributed by atoms with Crippen molar-refractivity contribution < 1.29 is 57.4 Å². The van der Waals surface area contributed by atoms with Gasteiger partial charge in [-0.3, -0.25) is 0 Å². The SMILES string of the molecule is CSC.FC(OC(F)C(F)(F)C(F)(F)C(F)(F)F)C(F)(F)F. The molecule has 0 amide bonds. The van der Waals surface area contributed by atoms with E-state index in [1.165, 1.54) is 0 Å². The zero-order valence-electron chi connectivity index (χ0n) is 10.5. The Morgan fingerprint density at radius 3 is 1.27 bits per heavy atom. The maximum atomic E-state index is 12.3. The van der Waals surface area contributed by atoms with E-state index in [1.807, 2.05) is 12.5 Å². The number of ether oxygens (including phenoxy) is 1. The Balaban J connectivity index is 0. The Morgan fingerprint density at radius 2 is 1.05 bits per heavy atom. The zero-order valence-corrected chi connectivity index (χ0v) is 11.3. The molecule has 0 aromatic carbocycles. The van der Waals surface area contributed by atoms with E-state index < -0.39 is 36.9 Å². The third-order valence-corrected chi connectivity index (χ3v) is 1.56. The molecule has 0 rings (SSSR count). The molecule has 2 atom stereocenters. The molecule has 0 saturated carbocycles. The lowest BCUT2D eigenvalue weighted by atomic mass is 10.1. The van der Waals surface area contributed by atoms with E-state index in [9.17, 15) is 52.7 Å². The molecule has 0 aromatic heterocycles. The van der Waals surface area contributed by atoms with Crippen molar-refractivity contribution in [1.29, 1.82) is 0 Å². The minimum atomic E-state index is -7.05. The summed E-state index contributed by atoms with van der Waals surface area (Å²) in [6.07, 6.45) is -18.9. The van der Waals surface area contributed by atoms with Gasteiger partial charge >= 0.3 is 24.2 Å². The highest BCUT2D eigenvalue weighted by Crippen LogP contribution is 2.49. The summed E-state index contributed by atoms with van der Waals surface area (Å²) in [4.78, 5) is 0. The van der Waals surface area contributed by atoms with Gasteiger partial charge in [-0.15, -0.1) is 0 Å². The third-order valence-electron chi connectivity index (χ3n) is 1.56. The van der Waals surface area contributed by atoms with Crippen molar-refractivity contribution in [3.05, 3.63) is 0 Å². The van der Waals surface area contributed by atoms with Gasteiger partial charge in [0.1, 0.15) is 0 Å². The lowest BCUT2D eigenvalue weighted by Crippen LogP contribution is -2.58. The second-order valence-electron chi connectivity index (χ2n) is 3.41. The molecule has 0 fully saturated rings. The van der Waals surface area contributed by atoms with Crippen LogP contribution in [0, 0.1) is 0 Å². The third kappa shape index (κ3) is 5.93. The van der Waals surface area contributed by atoms with Gasteiger partial charge in [0.15, 0.2) is 0 Å². The normalized spacial score (nSPS) is 16.6. The Bertz CT molecular complexity index is 324. The van der Waals surface area contributed by atoms with Gasteiger partial charge < -0.3 is 4.74 Å². The lowest BCUT2D eigenvalue weighted by Gasteiger charge is -2.30. The summed E-state index contributed by atoms with van der Waals surface area (Å²) in [7, 11) is 0. The molecule has 14 heteroatoms. The van der Waals surface area contributed by atoms with E-state index in [0.717, 1.165) is 0 Å². The van der Waals surface area contributed by atoms with Crippen LogP contribution in [0.5, 0.6) is 0 Å². The first-order valence-electron chi connectivity index (χ1n) is 4.69. The Hall–Kier alpha value is -0.530. The first-order chi connectivity index (χ1) is 9.46. The fourth-order valence-electron chi connectivity index (χ4n) is 0.599. The van der Waals surface area contributed by atoms with Crippen LogP contribution < -0.4 is 0 Å². The van der Waals surface area contributed by atoms with Gasteiger partial charge in [-0.05, 0) is 12.5 Å². The Kier molecular flexibility index (Phi) is 8.45. The van der Waals surface area contributed by atoms with Crippen LogP contribution in [0.15, 0.2) is 0 Å². The molecule has 0 radical (unpaired) electrons. The number of alkyl halides is 12. The number of thioether (sulfide) groups is 1. The number of hydrogen-bond donors (Lipinski definition) is 0. The van der Waals surface area contributed by atoms with E-state index in [1.54, 1.807) is 11.8 Å². The fourth-order valence-corrected chi connectivity index (χ4v) is 0.599. The topological polar surface area (TPSA) is 9.23 Å². The highest BCUT2D eigenvalue weighted by Gasteiger charge is 2.77. The van der Waals surface area contributed by atoms with E-state index in [0.29, 0.717) is 0 Å². The van der Waals surface area contributed by atoms with Gasteiger partial charge in [-0.2, -0.15) is 55.7 Å². The summed E-state index contributed by atoms with van der Waals surface area (Å²) in [5.41, 5.74) is 0. The van der Waals surface area contributed by atoms with Gasteiger partial charge in [0.05, 0.1) is 0 Å². The molecular formula is C8H8F12OS. The van der Waals surface area contributed by atoms with Crippen LogP contribution in [0.2, 0.25) is 0 Å². The predicted molar refractivity (Wildman–Crippen MR) is 52.3 cm³/mol. The molecular weight excluding hydrogens is 372 g/mol. The quantitative estimate of drug-likeness (QED) is 0.637. The summed E-state index contributed by atoms with van der Waals surface area (Å²) in [5.74, 6) is -13.8. The molecule has 0 aromatic rings. The molecule has 2 unspecified atom stereocenters. The second-order valence-corrected chi connectivity index (χ2v) is 4.23. The van der Waals surface area contributed by atoms with Gasteiger partial charge in [0, 0.05) is 0 Å². The van der Waals surface area contributed by atoms with Crippen LogP contribution in [0.1, 0.15) is 0 Å². The first kappa shape index (κ1) is 23.7. The van der Waals surface area contributed by atoms with E-state index in [-0.39, 0.29) is 0 Å². The van der Waals surface area contributed by atoms with E-state index in [4.69, 9.17) is 0 Å². The average molecular weight is 380 g/mol. The Labute approximate surface area is 120 Å². The van der Waals surface area contributed by atoms with Crippen molar-refractivity contribution in [2.45, 2.75) is 36.9 Å². The summed E-state index contributed by atoms with van der Waals surface area (Å²) in [5, 5.41) is 0. The first-order valence-corrected chi connectivity index (χ1v) is 6.32. The van der Waals surface area contributed by atoms with Gasteiger partial charge in [-0.1, -0.05) is 0 Å². The van der Waals surface area contributed by atoms with Crippen LogP contribution in [0.4, 0.5) is 52.7 Å². The molecule has 136 valence electrons. The van der Waals surface area contributed by atoms with Gasteiger partial charge in [-0.25, -0.2) is 8.78 Å². The largest absolute Gasteiger partial charge is 0.460 e. The molecule has 1 nitrogen and oxygen atoms in total. The highest BCUT2D eigenvalue weighted by molar-refractivity contribution is 7.97. The monoisotopic (exact) mass is 380 g/mol. The number of hydrogen-bond acceptors (Lipinski definition) is 2. The average Bonchev–Trinajstić information content (AvgIpc) is 2.26. The minimum absolute atomic E-state index is 1.75. The van der Waals surface area contributed by atoms with E-state index in [2.05, 4.69) is 4.74 Å². The van der Waals surface area contributed by atoms with Crippen molar-refractivity contribution in [2.24, 2.45) is 0 Å². The van der Waals surface area contributed by atoms with Gasteiger partial charge in [0.25, 0.3) is 12.7 Å². The minimum Gasteiger partial charge on any atom is -0.301 e. The molecule has 0 aliphatic heterocycles. The lowest BCUT2D eigenvalue weighted by molar-refractivity contribution is -0.403. The van der Waals surface area contributed by atoms with Crippen LogP contribution in [0.3, 0.4) is 0 Å². The van der Waals surface area contributed by atoms with Crippen LogP contribution in [-0.2, 0) is 4.74 Å². The molecule has 22 heavy (non-hydrogen) atoms. The van der Waals surface area contributed by atoms with E-state index >= 15 is 0 Å². The predicted octanol–water partition coefficient (Wildman–Crippen LogP) is 4.97. The second kappa shape index (κ2) is 7.84. The number of halogens is 12. The summed E-state index contributed by atoms with van der Waals surface area (Å²) in [6, 6.07) is 0. The molecule has 0 aliphatic rings. The molecule has 0 spiro atoms. The molecule has 0 aliphatic carbocycles. The zero-order chi connectivity index (χ0) is 18.6. The fraction of sp³-hybridized carbons (Fsp3) is 1.00. The Morgan fingerprint density at radius 1 is 0.727 bits per heavy atom. The molecule has 0 heterocycles. The van der Waals surface area contributed by atoms with Crippen molar-refractivity contribution in [2.75, 3.05) is 12.5 Å². The van der Waals surface area contributed by atoms with Crippen molar-refractivity contribution in [1.82, 2.24) is 0 Å². The summed E-state index contributed by atoms with van der Waals surface area (Å²) in [6.45, 7) is 0. The van der Waals surface area contributed by atoms with Crippen LogP contribution >= 0.6 is 11.8 Å². The summed E-state index contributed by atoms with van der Waals surface area (Å²) < 4.78 is 144. The smallest absolute Gasteiger partial charge is 0.301 e. The van der Waals surface area contributed by atoms with Crippen LogP contribution in [0.25, 0.3) is 0 Å². The summed E-state index contributed by atoms with van der Waals surface area (Å²) >= 11 is 1.75. The maximum Gasteiger partial charge on any atom is 0.460 e. The van der Waals surface area contributed by atoms with Crippen molar-refractivity contribution in [3.8, 4) is 0 Å². The highest BCUT2D eigenvalue weighted by atomic mass is 32.2. The van der Waals surface area contributed by atoms with Crippen molar-refractivity contribution >= 4 is 11.8 Å². The number of rotatable bonds is 4. The molecule has 0 N–H and O–H groups in total. The molecule has 0 saturated heterocycles. The van der Waals surface area contributed by atoms with Crippen molar-refractivity contribution in [3.63, 3.8) is 0 Å². The maximum absolute atomic E-state index is 12.3. The van der Waals surface area contributed by atoms with Gasteiger partial charge in [0.2, 0.25) is 0 Å². The molecule has 0 bridgehead atoms. The van der Waals surface area contributed by atoms with Crippen LogP contribution in [-0.4, -0.2) is 49.4 Å². The standard InChI is InChI=1S/C6H2F12O.C2H6S/c7-1(19-2(8)4(11,12)13)3(9,10)5(14,15)6(16,17)18;1-3-2/h1-2H;1-2H3.